The average molecular weight is 401 g/mol. The first kappa shape index (κ1) is 19.4. The third kappa shape index (κ3) is 4.66. The molecule has 1 N–H and O–H groups in total. The second-order valence-corrected chi connectivity index (χ2v) is 6.21. The highest BCUT2D eigenvalue weighted by Gasteiger charge is 2.13. The maximum absolute atomic E-state index is 11.9. The van der Waals surface area contributed by atoms with Crippen LogP contribution in [0.5, 0.6) is 0 Å². The predicted octanol–water partition coefficient (Wildman–Crippen LogP) is 3.33. The van der Waals surface area contributed by atoms with Crippen molar-refractivity contribution < 1.29 is 18.8 Å². The monoisotopic (exact) mass is 400 g/mol. The van der Waals surface area contributed by atoms with Crippen molar-refractivity contribution in [1.82, 2.24) is 14.9 Å². The third-order valence-electron chi connectivity index (χ3n) is 3.68. The molecule has 2 aromatic heterocycles. The largest absolute Gasteiger partial charge is 0.452 e. The van der Waals surface area contributed by atoms with Gasteiger partial charge in [-0.3, -0.25) is 4.79 Å². The molecule has 0 atom stereocenters. The zero-order valence-electron chi connectivity index (χ0n) is 15.2. The fourth-order valence-electron chi connectivity index (χ4n) is 2.38. The molecule has 0 spiro atoms. The number of para-hydroxylation sites is 1. The second-order valence-electron chi connectivity index (χ2n) is 5.85. The second kappa shape index (κ2) is 8.53. The van der Waals surface area contributed by atoms with Crippen LogP contribution < -0.4 is 5.32 Å². The van der Waals surface area contributed by atoms with E-state index in [0.29, 0.717) is 22.2 Å². The highest BCUT2D eigenvalue weighted by molar-refractivity contribution is 6.31. The number of hydrogen-bond acceptors (Lipinski definition) is 6. The van der Waals surface area contributed by atoms with Crippen LogP contribution in [0.4, 0.5) is 5.82 Å². The van der Waals surface area contributed by atoms with Crippen molar-refractivity contribution in [2.75, 3.05) is 11.9 Å². The Balaban J connectivity index is 1.60. The summed E-state index contributed by atoms with van der Waals surface area (Å²) in [6.07, 6.45) is 2.70. The van der Waals surface area contributed by atoms with E-state index < -0.39 is 18.5 Å². The van der Waals surface area contributed by atoms with Crippen LogP contribution in [-0.4, -0.2) is 33.4 Å². The first-order valence-corrected chi connectivity index (χ1v) is 8.70. The molecule has 0 aliphatic rings. The van der Waals surface area contributed by atoms with E-state index in [1.54, 1.807) is 24.6 Å². The minimum Gasteiger partial charge on any atom is -0.452 e. The zero-order chi connectivity index (χ0) is 20.1. The van der Waals surface area contributed by atoms with E-state index in [4.69, 9.17) is 20.9 Å². The molecule has 0 bridgehead atoms. The lowest BCUT2D eigenvalue weighted by molar-refractivity contribution is -0.142. The number of carbonyl (C=O) groups excluding carboxylic acids is 2. The molecule has 0 radical (unpaired) electrons. The molecule has 1 amide bonds. The van der Waals surface area contributed by atoms with Crippen LogP contribution in [0.25, 0.3) is 11.8 Å². The van der Waals surface area contributed by atoms with Crippen molar-refractivity contribution in [2.45, 2.75) is 13.8 Å². The van der Waals surface area contributed by atoms with Gasteiger partial charge < -0.3 is 14.6 Å². The number of ether oxygens (including phenoxy) is 1. The van der Waals surface area contributed by atoms with E-state index in [1.165, 1.54) is 12.2 Å². The van der Waals surface area contributed by atoms with Gasteiger partial charge in [0.05, 0.1) is 11.4 Å². The predicted molar refractivity (Wildman–Crippen MR) is 103 cm³/mol. The number of nitrogens with one attached hydrogen (secondary N) is 1. The lowest BCUT2D eigenvalue weighted by Gasteiger charge is -2.02. The van der Waals surface area contributed by atoms with Gasteiger partial charge >= 0.3 is 5.97 Å². The first-order chi connectivity index (χ1) is 13.4. The van der Waals surface area contributed by atoms with Crippen LogP contribution in [0.2, 0.25) is 5.15 Å². The summed E-state index contributed by atoms with van der Waals surface area (Å²) >= 11 is 6.38. The van der Waals surface area contributed by atoms with Crippen LogP contribution in [-0.2, 0) is 14.3 Å². The van der Waals surface area contributed by atoms with Gasteiger partial charge in [-0.25, -0.2) is 9.48 Å². The molecule has 0 saturated heterocycles. The van der Waals surface area contributed by atoms with Gasteiger partial charge in [0.1, 0.15) is 10.9 Å². The minimum atomic E-state index is -0.686. The quantitative estimate of drug-likeness (QED) is 0.503. The van der Waals surface area contributed by atoms with Gasteiger partial charge in [-0.2, -0.15) is 5.10 Å². The van der Waals surface area contributed by atoms with Crippen molar-refractivity contribution >= 4 is 35.4 Å². The summed E-state index contributed by atoms with van der Waals surface area (Å²) in [6, 6.07) is 10.9. The van der Waals surface area contributed by atoms with Crippen molar-refractivity contribution in [3.8, 4) is 5.69 Å². The molecule has 3 rings (SSSR count). The normalized spacial score (nSPS) is 11.0. The van der Waals surface area contributed by atoms with Gasteiger partial charge in [-0.1, -0.05) is 35.0 Å². The van der Waals surface area contributed by atoms with E-state index in [1.807, 2.05) is 30.3 Å². The van der Waals surface area contributed by atoms with Crippen LogP contribution in [0, 0.1) is 13.8 Å². The molecule has 0 aliphatic heterocycles. The van der Waals surface area contributed by atoms with Gasteiger partial charge in [-0.05, 0) is 32.1 Å². The summed E-state index contributed by atoms with van der Waals surface area (Å²) in [4.78, 5) is 23.6. The Morgan fingerprint density at radius 1 is 1.29 bits per heavy atom. The van der Waals surface area contributed by atoms with Gasteiger partial charge in [0, 0.05) is 17.7 Å². The summed E-state index contributed by atoms with van der Waals surface area (Å²) in [5.41, 5.74) is 2.04. The molecule has 0 saturated carbocycles. The van der Waals surface area contributed by atoms with Crippen LogP contribution in [0.1, 0.15) is 17.0 Å². The number of anilines is 1. The highest BCUT2D eigenvalue weighted by Crippen LogP contribution is 2.24. The first-order valence-electron chi connectivity index (χ1n) is 8.32. The summed E-state index contributed by atoms with van der Waals surface area (Å²) in [7, 11) is 0. The average Bonchev–Trinajstić information content (AvgIpc) is 3.21. The Morgan fingerprint density at radius 2 is 2.04 bits per heavy atom. The van der Waals surface area contributed by atoms with Gasteiger partial charge in [0.15, 0.2) is 12.4 Å². The van der Waals surface area contributed by atoms with Crippen LogP contribution in [0.15, 0.2) is 47.0 Å². The number of aryl methyl sites for hydroxylation is 2. The summed E-state index contributed by atoms with van der Waals surface area (Å²) in [5.74, 6) is -0.404. The fourth-order valence-corrected chi connectivity index (χ4v) is 2.72. The molecule has 144 valence electrons. The summed E-state index contributed by atoms with van der Waals surface area (Å²) in [5, 5.41) is 10.8. The van der Waals surface area contributed by atoms with Gasteiger partial charge in [-0.15, -0.1) is 0 Å². The minimum absolute atomic E-state index is 0.254. The highest BCUT2D eigenvalue weighted by atomic mass is 35.5. The van der Waals surface area contributed by atoms with E-state index in [2.05, 4.69) is 15.6 Å². The maximum Gasteiger partial charge on any atom is 0.331 e. The summed E-state index contributed by atoms with van der Waals surface area (Å²) < 4.78 is 11.3. The molecule has 1 aromatic carbocycles. The number of nitrogens with zero attached hydrogens (tertiary/aromatic N) is 3. The van der Waals surface area contributed by atoms with Crippen LogP contribution >= 0.6 is 11.6 Å². The van der Waals surface area contributed by atoms with E-state index in [9.17, 15) is 9.59 Å². The molecule has 8 nitrogen and oxygen atoms in total. The van der Waals surface area contributed by atoms with Gasteiger partial charge in [0.2, 0.25) is 0 Å². The molecule has 3 aromatic rings. The molecule has 28 heavy (non-hydrogen) atoms. The van der Waals surface area contributed by atoms with Crippen molar-refractivity contribution in [2.24, 2.45) is 0 Å². The zero-order valence-corrected chi connectivity index (χ0v) is 15.9. The number of halogens is 1. The molecular weight excluding hydrogens is 384 g/mol. The number of amides is 1. The topological polar surface area (TPSA) is 99.2 Å². The number of aromatic nitrogens is 3. The third-order valence-corrected chi connectivity index (χ3v) is 4.04. The van der Waals surface area contributed by atoms with E-state index in [-0.39, 0.29) is 5.82 Å². The van der Waals surface area contributed by atoms with Crippen molar-refractivity contribution in [3.05, 3.63) is 64.6 Å². The van der Waals surface area contributed by atoms with Crippen LogP contribution in [0.3, 0.4) is 0 Å². The fraction of sp³-hybridized carbons (Fsp3) is 0.158. The lowest BCUT2D eigenvalue weighted by atomic mass is 10.2. The summed E-state index contributed by atoms with van der Waals surface area (Å²) in [6.45, 7) is 3.02. The number of hydrogen-bond donors (Lipinski definition) is 1. The Hall–Kier alpha value is -3.39. The number of esters is 1. The molecule has 9 heteroatoms. The van der Waals surface area contributed by atoms with Crippen molar-refractivity contribution in [3.63, 3.8) is 0 Å². The molecule has 0 unspecified atom stereocenters. The molecule has 2 heterocycles. The number of benzene rings is 1. The maximum atomic E-state index is 11.9. The standard InChI is InChI=1S/C19H17ClN4O4/c1-12-10-16(23-28-12)21-17(25)11-27-18(26)9-8-15-13(2)22-24(19(15)20)14-6-4-3-5-7-14/h3-10H,11H2,1-2H3,(H,21,23,25)/b9-8+. The Morgan fingerprint density at radius 3 is 2.71 bits per heavy atom. The van der Waals surface area contributed by atoms with Gasteiger partial charge in [0.25, 0.3) is 5.91 Å². The lowest BCUT2D eigenvalue weighted by Crippen LogP contribution is -2.20. The number of carbonyl (C=O) groups is 2. The Labute approximate surface area is 165 Å². The molecule has 0 fully saturated rings. The number of rotatable bonds is 6. The molecule has 0 aliphatic carbocycles. The Bertz CT molecular complexity index is 1020. The Kier molecular flexibility index (Phi) is 5.90. The van der Waals surface area contributed by atoms with E-state index in [0.717, 1.165) is 5.69 Å². The SMILES string of the molecule is Cc1cc(NC(=O)COC(=O)/C=C/c2c(C)nn(-c3ccccc3)c2Cl)no1. The van der Waals surface area contributed by atoms with Crippen molar-refractivity contribution in [1.29, 1.82) is 0 Å². The smallest absolute Gasteiger partial charge is 0.331 e. The molecular formula is C19H17ClN4O4. The van der Waals surface area contributed by atoms with E-state index >= 15 is 0 Å².